The van der Waals surface area contributed by atoms with Crippen LogP contribution < -0.4 is 9.64 Å². The van der Waals surface area contributed by atoms with Crippen LogP contribution in [0.2, 0.25) is 0 Å². The number of benzene rings is 1. The third kappa shape index (κ3) is 2.89. The van der Waals surface area contributed by atoms with Crippen molar-refractivity contribution in [3.05, 3.63) is 41.7 Å². The molecule has 116 valence electrons. The number of carboxylic acids is 1. The van der Waals surface area contributed by atoms with Gasteiger partial charge in [-0.05, 0) is 24.3 Å². The van der Waals surface area contributed by atoms with Crippen molar-refractivity contribution in [2.45, 2.75) is 18.4 Å². The normalized spacial score (nSPS) is 17.2. The maximum atomic E-state index is 12.9. The van der Waals surface area contributed by atoms with Crippen molar-refractivity contribution >= 4 is 22.4 Å². The summed E-state index contributed by atoms with van der Waals surface area (Å²) in [5.74, 6) is -1.00. The number of nitrogens with zero attached hydrogens (tertiary/aromatic N) is 2. The number of hydrogen-bond acceptors (Lipinski definition) is 5. The van der Waals surface area contributed by atoms with Gasteiger partial charge in [0.05, 0.1) is 0 Å². The molecule has 1 fully saturated rings. The lowest BCUT2D eigenvalue weighted by atomic mass is 9.91. The number of rotatable bonds is 4. The molecule has 2 aromatic rings. The molecule has 1 aromatic carbocycles. The molecule has 1 saturated heterocycles. The highest BCUT2D eigenvalue weighted by Gasteiger charge is 2.44. The minimum Gasteiger partial charge on any atom is -0.478 e. The number of thiazole rings is 1. The standard InChI is InChI=1S/C15H15FN2O3S/c16-11-1-3-12(4-2-11)21-15(13(19)20)5-8-18(9-6-15)14-17-7-10-22-14/h1-4,7,10H,5-6,8-9H2,(H,19,20). The average Bonchev–Trinajstić information content (AvgIpc) is 3.04. The Labute approximate surface area is 131 Å². The number of aliphatic carboxylic acids is 1. The van der Waals surface area contributed by atoms with Gasteiger partial charge in [-0.2, -0.15) is 0 Å². The van der Waals surface area contributed by atoms with E-state index in [1.54, 1.807) is 6.20 Å². The number of anilines is 1. The first-order valence-corrected chi connectivity index (χ1v) is 7.79. The van der Waals surface area contributed by atoms with E-state index in [0.717, 1.165) is 5.13 Å². The molecule has 1 aliphatic heterocycles. The van der Waals surface area contributed by atoms with E-state index in [-0.39, 0.29) is 5.82 Å². The third-order valence-corrected chi connectivity index (χ3v) is 4.61. The molecule has 0 unspecified atom stereocenters. The van der Waals surface area contributed by atoms with E-state index in [1.807, 2.05) is 5.38 Å². The quantitative estimate of drug-likeness (QED) is 0.938. The summed E-state index contributed by atoms with van der Waals surface area (Å²) in [6.45, 7) is 1.11. The fourth-order valence-electron chi connectivity index (χ4n) is 2.52. The minimum atomic E-state index is -1.27. The SMILES string of the molecule is O=C(O)C1(Oc2ccc(F)cc2)CCN(c2nccs2)CC1. The van der Waals surface area contributed by atoms with E-state index >= 15 is 0 Å². The van der Waals surface area contributed by atoms with Gasteiger partial charge in [-0.1, -0.05) is 0 Å². The highest BCUT2D eigenvalue weighted by atomic mass is 32.1. The molecule has 0 radical (unpaired) electrons. The molecular weight excluding hydrogens is 307 g/mol. The first-order valence-electron chi connectivity index (χ1n) is 6.91. The Morgan fingerprint density at radius 1 is 1.32 bits per heavy atom. The highest BCUT2D eigenvalue weighted by molar-refractivity contribution is 7.13. The number of ether oxygens (including phenoxy) is 1. The molecule has 5 nitrogen and oxygen atoms in total. The first-order chi connectivity index (χ1) is 10.6. The molecule has 0 spiro atoms. The number of hydrogen-bond donors (Lipinski definition) is 1. The van der Waals surface area contributed by atoms with Gasteiger partial charge < -0.3 is 14.7 Å². The van der Waals surface area contributed by atoms with Crippen molar-refractivity contribution in [1.82, 2.24) is 4.98 Å². The van der Waals surface area contributed by atoms with Crippen molar-refractivity contribution in [3.63, 3.8) is 0 Å². The molecule has 1 aliphatic rings. The molecule has 7 heteroatoms. The van der Waals surface area contributed by atoms with Gasteiger partial charge in [-0.25, -0.2) is 14.2 Å². The number of carboxylic acid groups (broad SMARTS) is 1. The predicted molar refractivity (Wildman–Crippen MR) is 81.0 cm³/mol. The van der Waals surface area contributed by atoms with Crippen LogP contribution >= 0.6 is 11.3 Å². The summed E-state index contributed by atoms with van der Waals surface area (Å²) in [5, 5.41) is 12.4. The van der Waals surface area contributed by atoms with Gasteiger partial charge in [-0.3, -0.25) is 0 Å². The Hall–Kier alpha value is -2.15. The van der Waals surface area contributed by atoms with Crippen LogP contribution in [-0.2, 0) is 4.79 Å². The summed E-state index contributed by atoms with van der Waals surface area (Å²) in [6, 6.07) is 5.42. The van der Waals surface area contributed by atoms with Crippen LogP contribution in [0.4, 0.5) is 9.52 Å². The van der Waals surface area contributed by atoms with E-state index in [0.29, 0.717) is 31.7 Å². The van der Waals surface area contributed by atoms with Crippen LogP contribution in [0.5, 0.6) is 5.75 Å². The molecule has 1 aromatic heterocycles. The maximum Gasteiger partial charge on any atom is 0.348 e. The van der Waals surface area contributed by atoms with Crippen molar-refractivity contribution in [2.75, 3.05) is 18.0 Å². The zero-order valence-electron chi connectivity index (χ0n) is 11.7. The summed E-state index contributed by atoms with van der Waals surface area (Å²) in [4.78, 5) is 18.0. The molecule has 2 heterocycles. The largest absolute Gasteiger partial charge is 0.478 e. The lowest BCUT2D eigenvalue weighted by Crippen LogP contribution is -2.53. The molecular formula is C15H15FN2O3S. The minimum absolute atomic E-state index is 0.347. The Morgan fingerprint density at radius 3 is 2.55 bits per heavy atom. The van der Waals surface area contributed by atoms with Gasteiger partial charge in [0.15, 0.2) is 5.13 Å². The predicted octanol–water partition coefficient (Wildman–Crippen LogP) is 2.78. The van der Waals surface area contributed by atoms with Gasteiger partial charge >= 0.3 is 5.97 Å². The monoisotopic (exact) mass is 322 g/mol. The van der Waals surface area contributed by atoms with E-state index in [4.69, 9.17) is 4.74 Å². The van der Waals surface area contributed by atoms with E-state index in [1.165, 1.54) is 35.6 Å². The second-order valence-corrected chi connectivity index (χ2v) is 6.03. The molecule has 0 atom stereocenters. The van der Waals surface area contributed by atoms with Crippen LogP contribution in [0.1, 0.15) is 12.8 Å². The van der Waals surface area contributed by atoms with Crippen molar-refractivity contribution < 1.29 is 19.0 Å². The number of piperidine rings is 1. The Balaban J connectivity index is 1.74. The number of carbonyl (C=O) groups is 1. The van der Waals surface area contributed by atoms with E-state index < -0.39 is 11.6 Å². The summed E-state index contributed by atoms with van der Waals surface area (Å²) >= 11 is 1.53. The van der Waals surface area contributed by atoms with Gasteiger partial charge in [0.2, 0.25) is 5.60 Å². The zero-order chi connectivity index (χ0) is 15.6. The van der Waals surface area contributed by atoms with Crippen molar-refractivity contribution in [2.24, 2.45) is 0 Å². The number of aromatic nitrogens is 1. The van der Waals surface area contributed by atoms with Crippen molar-refractivity contribution in [3.8, 4) is 5.75 Å². The van der Waals surface area contributed by atoms with Crippen LogP contribution in [0.3, 0.4) is 0 Å². The molecule has 0 bridgehead atoms. The zero-order valence-corrected chi connectivity index (χ0v) is 12.6. The lowest BCUT2D eigenvalue weighted by molar-refractivity contribution is -0.157. The second-order valence-electron chi connectivity index (χ2n) is 5.16. The summed E-state index contributed by atoms with van der Waals surface area (Å²) < 4.78 is 18.7. The van der Waals surface area contributed by atoms with Crippen LogP contribution in [0.15, 0.2) is 35.8 Å². The average molecular weight is 322 g/mol. The Bertz CT molecular complexity index is 637. The molecule has 1 N–H and O–H groups in total. The van der Waals surface area contributed by atoms with Crippen LogP contribution in [0.25, 0.3) is 0 Å². The Kier molecular flexibility index (Phi) is 3.98. The van der Waals surface area contributed by atoms with Gasteiger partial charge in [0.25, 0.3) is 0 Å². The highest BCUT2D eigenvalue weighted by Crippen LogP contribution is 2.32. The Morgan fingerprint density at radius 2 is 2.00 bits per heavy atom. The van der Waals surface area contributed by atoms with Gasteiger partial charge in [0.1, 0.15) is 11.6 Å². The van der Waals surface area contributed by atoms with E-state index in [9.17, 15) is 14.3 Å². The fourth-order valence-corrected chi connectivity index (χ4v) is 3.22. The van der Waals surface area contributed by atoms with E-state index in [2.05, 4.69) is 9.88 Å². The van der Waals surface area contributed by atoms with Crippen LogP contribution in [0, 0.1) is 5.82 Å². The first kappa shape index (κ1) is 14.8. The summed E-state index contributed by atoms with van der Waals surface area (Å²) in [7, 11) is 0. The van der Waals surface area contributed by atoms with Gasteiger partial charge in [-0.15, -0.1) is 11.3 Å². The molecule has 0 saturated carbocycles. The molecule has 3 rings (SSSR count). The molecule has 22 heavy (non-hydrogen) atoms. The van der Waals surface area contributed by atoms with Crippen molar-refractivity contribution in [1.29, 1.82) is 0 Å². The molecule has 0 amide bonds. The smallest absolute Gasteiger partial charge is 0.348 e. The third-order valence-electron chi connectivity index (χ3n) is 3.78. The lowest BCUT2D eigenvalue weighted by Gasteiger charge is -2.38. The second kappa shape index (κ2) is 5.92. The van der Waals surface area contributed by atoms with Gasteiger partial charge in [0, 0.05) is 37.5 Å². The van der Waals surface area contributed by atoms with Crippen LogP contribution in [-0.4, -0.2) is 34.8 Å². The fraction of sp³-hybridized carbons (Fsp3) is 0.333. The summed E-state index contributed by atoms with van der Waals surface area (Å²) in [5.41, 5.74) is -1.27. The number of halogens is 1. The topological polar surface area (TPSA) is 62.7 Å². The maximum absolute atomic E-state index is 12.9. The summed E-state index contributed by atoms with van der Waals surface area (Å²) in [6.07, 6.45) is 2.42. The molecule has 0 aliphatic carbocycles.